The summed E-state index contributed by atoms with van der Waals surface area (Å²) >= 11 is 1.74. The second-order valence-electron chi connectivity index (χ2n) is 6.44. The number of carbonyl (C=O) groups excluding carboxylic acids is 1. The third-order valence-corrected chi connectivity index (χ3v) is 5.72. The van der Waals surface area contributed by atoms with Crippen molar-refractivity contribution in [2.24, 2.45) is 0 Å². The first-order valence-electron chi connectivity index (χ1n) is 8.92. The minimum atomic E-state index is 0.227. The van der Waals surface area contributed by atoms with Crippen LogP contribution in [-0.2, 0) is 24.2 Å². The van der Waals surface area contributed by atoms with E-state index in [4.69, 9.17) is 5.73 Å². The van der Waals surface area contributed by atoms with E-state index in [-0.39, 0.29) is 5.91 Å². The molecule has 134 valence electrons. The number of benzene rings is 1. The smallest absolute Gasteiger partial charge is 0.222 e. The average Bonchev–Trinajstić information content (AvgIpc) is 3.09. The monoisotopic (exact) mass is 358 g/mol. The number of piperazine rings is 1. The molecule has 2 aromatic rings. The Balaban J connectivity index is 1.43. The predicted octanol–water partition coefficient (Wildman–Crippen LogP) is 2.56. The molecule has 0 atom stereocenters. The van der Waals surface area contributed by atoms with Crippen LogP contribution in [-0.4, -0.2) is 46.9 Å². The van der Waals surface area contributed by atoms with Crippen LogP contribution in [0.3, 0.4) is 0 Å². The Hall–Kier alpha value is -1.92. The molecule has 0 aliphatic carbocycles. The molecule has 1 fully saturated rings. The molecule has 3 rings (SSSR count). The van der Waals surface area contributed by atoms with E-state index in [2.05, 4.69) is 22.2 Å². The van der Waals surface area contributed by atoms with Gasteiger partial charge in [0.25, 0.3) is 0 Å². The molecule has 0 saturated carbocycles. The van der Waals surface area contributed by atoms with Crippen LogP contribution in [0, 0.1) is 0 Å². The van der Waals surface area contributed by atoms with Crippen molar-refractivity contribution in [3.05, 3.63) is 45.9 Å². The van der Waals surface area contributed by atoms with Gasteiger partial charge in [-0.3, -0.25) is 9.69 Å². The number of aryl methyl sites for hydroxylation is 2. The maximum Gasteiger partial charge on any atom is 0.222 e. The summed E-state index contributed by atoms with van der Waals surface area (Å²) < 4.78 is 0. The van der Waals surface area contributed by atoms with Crippen LogP contribution in [0.4, 0.5) is 5.69 Å². The fourth-order valence-electron chi connectivity index (χ4n) is 3.13. The zero-order chi connectivity index (χ0) is 17.6. The molecule has 1 aromatic heterocycles. The van der Waals surface area contributed by atoms with E-state index in [1.54, 1.807) is 11.3 Å². The highest BCUT2D eigenvalue weighted by atomic mass is 32.1. The van der Waals surface area contributed by atoms with Gasteiger partial charge >= 0.3 is 0 Å². The topological polar surface area (TPSA) is 62.5 Å². The van der Waals surface area contributed by atoms with Crippen molar-refractivity contribution in [3.63, 3.8) is 0 Å². The Morgan fingerprint density at radius 1 is 1.24 bits per heavy atom. The molecule has 1 amide bonds. The molecule has 1 aliphatic heterocycles. The number of hydrogen-bond donors (Lipinski definition) is 1. The highest BCUT2D eigenvalue weighted by Gasteiger charge is 2.21. The van der Waals surface area contributed by atoms with Crippen LogP contribution in [0.15, 0.2) is 29.6 Å². The van der Waals surface area contributed by atoms with Crippen LogP contribution in [0.1, 0.15) is 29.6 Å². The molecular weight excluding hydrogens is 332 g/mol. The fourth-order valence-corrected chi connectivity index (χ4v) is 3.87. The third kappa shape index (κ3) is 4.80. The third-order valence-electron chi connectivity index (χ3n) is 4.68. The molecule has 5 nitrogen and oxygen atoms in total. The van der Waals surface area contributed by atoms with E-state index >= 15 is 0 Å². The number of nitrogens with two attached hydrogens (primary N) is 1. The summed E-state index contributed by atoms with van der Waals surface area (Å²) in [5.74, 6) is 0.227. The van der Waals surface area contributed by atoms with Crippen LogP contribution < -0.4 is 5.73 Å². The number of thiazole rings is 1. The molecule has 1 saturated heterocycles. The van der Waals surface area contributed by atoms with Gasteiger partial charge in [0.1, 0.15) is 0 Å². The molecule has 0 radical (unpaired) electrons. The van der Waals surface area contributed by atoms with Crippen LogP contribution >= 0.6 is 11.3 Å². The normalized spacial score (nSPS) is 15.5. The zero-order valence-electron chi connectivity index (χ0n) is 14.8. The maximum absolute atomic E-state index is 12.4. The summed E-state index contributed by atoms with van der Waals surface area (Å²) in [6.45, 7) is 6.45. The number of hydrogen-bond acceptors (Lipinski definition) is 5. The van der Waals surface area contributed by atoms with E-state index in [9.17, 15) is 4.79 Å². The number of amides is 1. The first kappa shape index (κ1) is 17.9. The molecule has 1 aromatic carbocycles. The average molecular weight is 359 g/mol. The highest BCUT2D eigenvalue weighted by Crippen LogP contribution is 2.16. The minimum Gasteiger partial charge on any atom is -0.399 e. The number of aromatic nitrogens is 1. The lowest BCUT2D eigenvalue weighted by atomic mass is 10.1. The van der Waals surface area contributed by atoms with Gasteiger partial charge in [0.15, 0.2) is 0 Å². The highest BCUT2D eigenvalue weighted by molar-refractivity contribution is 7.09. The van der Waals surface area contributed by atoms with Crippen molar-refractivity contribution < 1.29 is 4.79 Å². The first-order valence-corrected chi connectivity index (χ1v) is 9.80. The van der Waals surface area contributed by atoms with E-state index in [1.807, 2.05) is 29.2 Å². The second-order valence-corrected chi connectivity index (χ2v) is 7.38. The van der Waals surface area contributed by atoms with Gasteiger partial charge in [-0.15, -0.1) is 11.3 Å². The molecule has 25 heavy (non-hydrogen) atoms. The van der Waals surface area contributed by atoms with Gasteiger partial charge < -0.3 is 10.6 Å². The Morgan fingerprint density at radius 2 is 2.00 bits per heavy atom. The van der Waals surface area contributed by atoms with E-state index in [0.717, 1.165) is 56.1 Å². The van der Waals surface area contributed by atoms with Crippen LogP contribution in [0.25, 0.3) is 0 Å². The Morgan fingerprint density at radius 3 is 2.68 bits per heavy atom. The summed E-state index contributed by atoms with van der Waals surface area (Å²) in [6.07, 6.45) is 2.24. The minimum absolute atomic E-state index is 0.227. The molecule has 2 N–H and O–H groups in total. The van der Waals surface area contributed by atoms with Gasteiger partial charge in [-0.2, -0.15) is 0 Å². The number of anilines is 1. The number of rotatable bonds is 6. The van der Waals surface area contributed by atoms with Gasteiger partial charge in [0, 0.05) is 50.2 Å². The lowest BCUT2D eigenvalue weighted by molar-refractivity contribution is -0.133. The fraction of sp³-hybridized carbons (Fsp3) is 0.474. The summed E-state index contributed by atoms with van der Waals surface area (Å²) in [5.41, 5.74) is 8.94. The largest absolute Gasteiger partial charge is 0.399 e. The lowest BCUT2D eigenvalue weighted by Crippen LogP contribution is -2.48. The quantitative estimate of drug-likeness (QED) is 0.806. The van der Waals surface area contributed by atoms with Crippen LogP contribution in [0.5, 0.6) is 0 Å². The van der Waals surface area contributed by atoms with Gasteiger partial charge in [0.05, 0.1) is 10.7 Å². The maximum atomic E-state index is 12.4. The summed E-state index contributed by atoms with van der Waals surface area (Å²) in [4.78, 5) is 21.4. The number of nitrogens with zero attached hydrogens (tertiary/aromatic N) is 3. The second kappa shape index (κ2) is 8.45. The summed E-state index contributed by atoms with van der Waals surface area (Å²) in [7, 11) is 0. The Kier molecular flexibility index (Phi) is 6.04. The van der Waals surface area contributed by atoms with Crippen molar-refractivity contribution in [2.75, 3.05) is 31.9 Å². The van der Waals surface area contributed by atoms with E-state index in [0.29, 0.717) is 12.8 Å². The molecule has 0 spiro atoms. The van der Waals surface area contributed by atoms with Crippen molar-refractivity contribution >= 4 is 22.9 Å². The van der Waals surface area contributed by atoms with Crippen molar-refractivity contribution in [2.45, 2.75) is 32.7 Å². The predicted molar refractivity (Wildman–Crippen MR) is 103 cm³/mol. The van der Waals surface area contributed by atoms with Crippen molar-refractivity contribution in [1.82, 2.24) is 14.8 Å². The number of nitrogen functional groups attached to an aromatic ring is 1. The van der Waals surface area contributed by atoms with Crippen molar-refractivity contribution in [3.8, 4) is 0 Å². The Labute approximate surface area is 153 Å². The molecular formula is C19H26N4OS. The molecule has 6 heteroatoms. The van der Waals surface area contributed by atoms with E-state index < -0.39 is 0 Å². The number of para-hydroxylation sites is 1. The van der Waals surface area contributed by atoms with E-state index in [1.165, 1.54) is 5.01 Å². The molecule has 0 unspecified atom stereocenters. The van der Waals surface area contributed by atoms with Gasteiger partial charge in [-0.1, -0.05) is 25.1 Å². The first-order chi connectivity index (χ1) is 12.2. The van der Waals surface area contributed by atoms with Crippen LogP contribution in [0.2, 0.25) is 0 Å². The number of carbonyl (C=O) groups is 1. The summed E-state index contributed by atoms with van der Waals surface area (Å²) in [5, 5.41) is 3.35. The van der Waals surface area contributed by atoms with Gasteiger partial charge in [-0.25, -0.2) is 4.98 Å². The standard InChI is InChI=1S/C19H26N4OS/c1-2-18-21-16(14-25-18)13-22-9-11-23(12-10-22)19(24)8-7-15-5-3-4-6-17(15)20/h3-6,14H,2,7-13,20H2,1H3. The molecule has 2 heterocycles. The van der Waals surface area contributed by atoms with Gasteiger partial charge in [-0.05, 0) is 24.5 Å². The molecule has 1 aliphatic rings. The molecule has 0 bridgehead atoms. The lowest BCUT2D eigenvalue weighted by Gasteiger charge is -2.34. The summed E-state index contributed by atoms with van der Waals surface area (Å²) in [6, 6.07) is 7.78. The Bertz CT molecular complexity index is 707. The SMILES string of the molecule is CCc1nc(CN2CCN(C(=O)CCc3ccccc3N)CC2)cs1. The van der Waals surface area contributed by atoms with Gasteiger partial charge in [0.2, 0.25) is 5.91 Å². The van der Waals surface area contributed by atoms with Crippen molar-refractivity contribution in [1.29, 1.82) is 0 Å². The zero-order valence-corrected chi connectivity index (χ0v) is 15.6.